The molecule has 0 saturated carbocycles. The van der Waals surface area contributed by atoms with Gasteiger partial charge in [0.25, 0.3) is 5.91 Å². The van der Waals surface area contributed by atoms with Gasteiger partial charge in [-0.15, -0.1) is 0 Å². The van der Waals surface area contributed by atoms with Crippen LogP contribution in [0.15, 0.2) is 53.3 Å². The van der Waals surface area contributed by atoms with Crippen LogP contribution in [0.5, 0.6) is 0 Å². The van der Waals surface area contributed by atoms with E-state index in [1.54, 1.807) is 36.6 Å². The summed E-state index contributed by atoms with van der Waals surface area (Å²) < 4.78 is 5.16. The van der Waals surface area contributed by atoms with Gasteiger partial charge in [0.15, 0.2) is 0 Å². The fourth-order valence-electron chi connectivity index (χ4n) is 1.94. The number of nitrogens with zero attached hydrogens (tertiary/aromatic N) is 2. The second-order valence-electron chi connectivity index (χ2n) is 4.75. The van der Waals surface area contributed by atoms with Crippen LogP contribution >= 0.6 is 23.2 Å². The maximum Gasteiger partial charge on any atom is 0.270 e. The summed E-state index contributed by atoms with van der Waals surface area (Å²) in [7, 11) is 0. The Bertz CT molecular complexity index is 853. The number of hydrogen-bond acceptors (Lipinski definition) is 5. The van der Waals surface area contributed by atoms with E-state index in [0.29, 0.717) is 21.5 Å². The van der Waals surface area contributed by atoms with E-state index >= 15 is 0 Å². The molecule has 6 nitrogen and oxygen atoms in total. The van der Waals surface area contributed by atoms with E-state index < -0.39 is 0 Å². The van der Waals surface area contributed by atoms with Crippen LogP contribution in [-0.4, -0.2) is 15.9 Å². The van der Waals surface area contributed by atoms with Crippen LogP contribution in [0.2, 0.25) is 10.0 Å². The molecule has 1 aromatic carbocycles. The minimum Gasteiger partial charge on any atom is -0.467 e. The monoisotopic (exact) mass is 362 g/mol. The number of nitrogens with one attached hydrogen (secondary N) is 2. The predicted molar refractivity (Wildman–Crippen MR) is 91.7 cm³/mol. The van der Waals surface area contributed by atoms with Crippen molar-refractivity contribution in [1.82, 2.24) is 15.3 Å². The van der Waals surface area contributed by atoms with E-state index in [-0.39, 0.29) is 24.1 Å². The molecule has 3 rings (SSSR count). The number of furan rings is 1. The molecule has 2 aromatic heterocycles. The first kappa shape index (κ1) is 16.3. The van der Waals surface area contributed by atoms with Crippen LogP contribution in [0, 0.1) is 0 Å². The number of carbonyl (C=O) groups excluding carboxylic acids is 1. The van der Waals surface area contributed by atoms with Crippen LogP contribution < -0.4 is 10.6 Å². The normalized spacial score (nSPS) is 10.4. The number of carbonyl (C=O) groups is 1. The van der Waals surface area contributed by atoms with Gasteiger partial charge in [0.1, 0.15) is 11.5 Å². The highest BCUT2D eigenvalue weighted by Gasteiger charge is 2.11. The van der Waals surface area contributed by atoms with Gasteiger partial charge in [0.05, 0.1) is 28.5 Å². The van der Waals surface area contributed by atoms with Crippen LogP contribution in [0.1, 0.15) is 16.2 Å². The Kier molecular flexibility index (Phi) is 4.98. The Morgan fingerprint density at radius 3 is 2.83 bits per heavy atom. The fourth-order valence-corrected chi connectivity index (χ4v) is 2.29. The number of benzene rings is 1. The molecule has 122 valence electrons. The molecule has 24 heavy (non-hydrogen) atoms. The van der Waals surface area contributed by atoms with Gasteiger partial charge in [-0.05, 0) is 30.3 Å². The smallest absolute Gasteiger partial charge is 0.270 e. The zero-order valence-corrected chi connectivity index (χ0v) is 13.8. The van der Waals surface area contributed by atoms with Crippen molar-refractivity contribution in [3.8, 4) is 0 Å². The van der Waals surface area contributed by atoms with Gasteiger partial charge in [-0.25, -0.2) is 9.97 Å². The Morgan fingerprint density at radius 1 is 1.17 bits per heavy atom. The molecule has 0 aliphatic rings. The van der Waals surface area contributed by atoms with Crippen molar-refractivity contribution in [2.24, 2.45) is 0 Å². The molecule has 0 atom stereocenters. The highest BCUT2D eigenvalue weighted by atomic mass is 35.5. The summed E-state index contributed by atoms with van der Waals surface area (Å²) in [5.74, 6) is 0.556. The maximum absolute atomic E-state index is 12.1. The fraction of sp³-hybridized carbons (Fsp3) is 0.0625. The first-order valence-electron chi connectivity index (χ1n) is 6.98. The van der Waals surface area contributed by atoms with Gasteiger partial charge >= 0.3 is 0 Å². The minimum absolute atomic E-state index is 0.220. The standard InChI is InChI=1S/C16H12Cl2N4O2/c17-11-4-1-5-12(14(11)18)21-16-19-7-6-13(22-16)15(23)20-9-10-3-2-8-24-10/h1-8H,9H2,(H,20,23)(H,19,21,22). The largest absolute Gasteiger partial charge is 0.467 e. The zero-order valence-electron chi connectivity index (χ0n) is 12.3. The Balaban J connectivity index is 1.71. The summed E-state index contributed by atoms with van der Waals surface area (Å²) in [5.41, 5.74) is 0.773. The summed E-state index contributed by atoms with van der Waals surface area (Å²) >= 11 is 12.1. The molecule has 0 aliphatic carbocycles. The van der Waals surface area contributed by atoms with Crippen molar-refractivity contribution >= 4 is 40.7 Å². The number of aromatic nitrogens is 2. The average Bonchev–Trinajstić information content (AvgIpc) is 3.11. The second-order valence-corrected chi connectivity index (χ2v) is 5.54. The maximum atomic E-state index is 12.1. The molecule has 2 N–H and O–H groups in total. The lowest BCUT2D eigenvalue weighted by Crippen LogP contribution is -2.23. The lowest BCUT2D eigenvalue weighted by Gasteiger charge is -2.09. The van der Waals surface area contributed by atoms with Gasteiger partial charge in [0.2, 0.25) is 5.95 Å². The number of halogens is 2. The molecule has 0 bridgehead atoms. The number of anilines is 2. The summed E-state index contributed by atoms with van der Waals surface area (Å²) in [6.45, 7) is 0.277. The number of rotatable bonds is 5. The molecule has 0 aliphatic heterocycles. The third-order valence-corrected chi connectivity index (χ3v) is 3.91. The summed E-state index contributed by atoms with van der Waals surface area (Å²) in [5, 5.41) is 6.42. The highest BCUT2D eigenvalue weighted by molar-refractivity contribution is 6.43. The van der Waals surface area contributed by atoms with Gasteiger partial charge in [-0.3, -0.25) is 4.79 Å². The van der Waals surface area contributed by atoms with Crippen LogP contribution in [0.25, 0.3) is 0 Å². The Morgan fingerprint density at radius 2 is 2.04 bits per heavy atom. The van der Waals surface area contributed by atoms with Crippen molar-refractivity contribution in [2.75, 3.05) is 5.32 Å². The van der Waals surface area contributed by atoms with E-state index in [1.165, 1.54) is 12.3 Å². The molecular formula is C16H12Cl2N4O2. The van der Waals surface area contributed by atoms with Crippen molar-refractivity contribution < 1.29 is 9.21 Å². The molecule has 3 aromatic rings. The van der Waals surface area contributed by atoms with Crippen molar-refractivity contribution in [2.45, 2.75) is 6.54 Å². The number of amides is 1. The summed E-state index contributed by atoms with van der Waals surface area (Å²) in [6.07, 6.45) is 3.03. The molecule has 2 heterocycles. The topological polar surface area (TPSA) is 80.0 Å². The quantitative estimate of drug-likeness (QED) is 0.715. The molecule has 1 amide bonds. The molecule has 0 unspecified atom stereocenters. The number of hydrogen-bond donors (Lipinski definition) is 2. The first-order valence-corrected chi connectivity index (χ1v) is 7.74. The molecule has 0 fully saturated rings. The molecule has 0 radical (unpaired) electrons. The first-order chi connectivity index (χ1) is 11.6. The summed E-state index contributed by atoms with van der Waals surface area (Å²) in [6, 6.07) is 10.2. The second kappa shape index (κ2) is 7.33. The Hall–Kier alpha value is -2.57. The highest BCUT2D eigenvalue weighted by Crippen LogP contribution is 2.30. The Labute approximate surface area is 147 Å². The predicted octanol–water partition coefficient (Wildman–Crippen LogP) is 4.05. The van der Waals surface area contributed by atoms with Crippen LogP contribution in [0.3, 0.4) is 0 Å². The molecular weight excluding hydrogens is 351 g/mol. The van der Waals surface area contributed by atoms with Crippen molar-refractivity contribution in [3.05, 3.63) is 70.4 Å². The van der Waals surface area contributed by atoms with E-state index in [9.17, 15) is 4.79 Å². The third kappa shape index (κ3) is 3.84. The van der Waals surface area contributed by atoms with Gasteiger partial charge in [0, 0.05) is 6.20 Å². The van der Waals surface area contributed by atoms with Gasteiger partial charge < -0.3 is 15.1 Å². The lowest BCUT2D eigenvalue weighted by atomic mass is 10.3. The van der Waals surface area contributed by atoms with Gasteiger partial charge in [-0.2, -0.15) is 0 Å². The van der Waals surface area contributed by atoms with E-state index in [4.69, 9.17) is 27.6 Å². The minimum atomic E-state index is -0.339. The van der Waals surface area contributed by atoms with E-state index in [1.807, 2.05) is 0 Å². The average molecular weight is 363 g/mol. The third-order valence-electron chi connectivity index (χ3n) is 3.09. The summed E-state index contributed by atoms with van der Waals surface area (Å²) in [4.78, 5) is 20.4. The lowest BCUT2D eigenvalue weighted by molar-refractivity contribution is 0.0943. The van der Waals surface area contributed by atoms with E-state index in [2.05, 4.69) is 20.6 Å². The van der Waals surface area contributed by atoms with Crippen molar-refractivity contribution in [3.63, 3.8) is 0 Å². The van der Waals surface area contributed by atoms with Crippen LogP contribution in [-0.2, 0) is 6.54 Å². The van der Waals surface area contributed by atoms with Gasteiger partial charge in [-0.1, -0.05) is 29.3 Å². The SMILES string of the molecule is O=C(NCc1ccco1)c1ccnc(Nc2cccc(Cl)c2Cl)n1. The molecule has 0 spiro atoms. The zero-order chi connectivity index (χ0) is 16.9. The molecule has 0 saturated heterocycles. The van der Waals surface area contributed by atoms with E-state index in [0.717, 1.165) is 0 Å². The van der Waals surface area contributed by atoms with Crippen molar-refractivity contribution in [1.29, 1.82) is 0 Å². The van der Waals surface area contributed by atoms with Crippen LogP contribution in [0.4, 0.5) is 11.6 Å². The molecule has 8 heteroatoms.